The van der Waals surface area contributed by atoms with Crippen LogP contribution in [0.1, 0.15) is 90.4 Å². The second-order valence-corrected chi connectivity index (χ2v) is 14.0. The summed E-state index contributed by atoms with van der Waals surface area (Å²) in [5.74, 6) is 1.60. The molecule has 34 heavy (non-hydrogen) atoms. The van der Waals surface area contributed by atoms with Gasteiger partial charge in [-0.15, -0.1) is 0 Å². The van der Waals surface area contributed by atoms with Crippen LogP contribution in [-0.4, -0.2) is 78.6 Å². The van der Waals surface area contributed by atoms with Crippen molar-refractivity contribution in [3.05, 3.63) is 0 Å². The second-order valence-electron chi connectivity index (χ2n) is 11.8. The molecule has 4 aliphatic heterocycles. The van der Waals surface area contributed by atoms with Gasteiger partial charge in [0, 0.05) is 44.8 Å². The molecule has 5 fully saturated rings. The van der Waals surface area contributed by atoms with E-state index in [1.807, 2.05) is 4.31 Å². The first kappa shape index (κ1) is 25.0. The van der Waals surface area contributed by atoms with Gasteiger partial charge in [0.05, 0.1) is 11.2 Å². The van der Waals surface area contributed by atoms with Crippen molar-refractivity contribution in [1.82, 2.24) is 19.6 Å². The first-order chi connectivity index (χ1) is 16.4. The zero-order valence-electron chi connectivity index (χ0n) is 21.2. The average molecular weight is 495 g/mol. The number of nitrogens with one attached hydrogen (secondary N) is 1. The molecule has 0 aromatic heterocycles. The number of amides is 1. The maximum atomic E-state index is 13.6. The van der Waals surface area contributed by atoms with Crippen molar-refractivity contribution in [3.8, 4) is 0 Å². The quantitative estimate of drug-likeness (QED) is 0.649. The fraction of sp³-hybridized carbons (Fsp3) is 0.962. The van der Waals surface area contributed by atoms with Crippen molar-refractivity contribution in [2.24, 2.45) is 17.8 Å². The van der Waals surface area contributed by atoms with Crippen molar-refractivity contribution in [2.75, 3.05) is 32.7 Å². The minimum Gasteiger partial charge on any atom is -0.342 e. The molecule has 5 aliphatic rings. The van der Waals surface area contributed by atoms with Crippen molar-refractivity contribution in [2.45, 2.75) is 108 Å². The average Bonchev–Trinajstić information content (AvgIpc) is 3.01. The number of rotatable bonds is 4. The molecule has 0 aromatic rings. The Balaban J connectivity index is 1.19. The van der Waals surface area contributed by atoms with E-state index in [4.69, 9.17) is 0 Å². The van der Waals surface area contributed by atoms with Crippen LogP contribution in [0.4, 0.5) is 0 Å². The van der Waals surface area contributed by atoms with Gasteiger partial charge in [0.2, 0.25) is 15.9 Å². The Morgan fingerprint density at radius 3 is 2.06 bits per heavy atom. The predicted octanol–water partition coefficient (Wildman–Crippen LogP) is 3.37. The van der Waals surface area contributed by atoms with Crippen LogP contribution in [0.25, 0.3) is 0 Å². The first-order valence-corrected chi connectivity index (χ1v) is 15.8. The van der Waals surface area contributed by atoms with Crippen LogP contribution >= 0.6 is 0 Å². The molecular weight excluding hydrogens is 448 g/mol. The molecule has 194 valence electrons. The van der Waals surface area contributed by atoms with Crippen LogP contribution in [0.15, 0.2) is 0 Å². The van der Waals surface area contributed by atoms with Crippen LogP contribution in [0.2, 0.25) is 0 Å². The van der Waals surface area contributed by atoms with Gasteiger partial charge in [0.1, 0.15) is 0 Å². The Morgan fingerprint density at radius 2 is 1.38 bits per heavy atom. The molecule has 0 radical (unpaired) electrons. The van der Waals surface area contributed by atoms with Gasteiger partial charge in [0.25, 0.3) is 0 Å². The zero-order valence-corrected chi connectivity index (χ0v) is 22.0. The summed E-state index contributed by atoms with van der Waals surface area (Å²) in [5, 5.41) is 2.22. The summed E-state index contributed by atoms with van der Waals surface area (Å²) in [5.41, 5.74) is 3.63. The topological polar surface area (TPSA) is 73.0 Å². The van der Waals surface area contributed by atoms with Gasteiger partial charge in [-0.05, 0) is 70.1 Å². The van der Waals surface area contributed by atoms with E-state index in [-0.39, 0.29) is 23.3 Å². The highest BCUT2D eigenvalue weighted by molar-refractivity contribution is 7.89. The first-order valence-electron chi connectivity index (χ1n) is 14.3. The minimum absolute atomic E-state index is 0.0488. The van der Waals surface area contributed by atoms with E-state index in [2.05, 4.69) is 22.3 Å². The maximum Gasteiger partial charge on any atom is 0.228 e. The summed E-state index contributed by atoms with van der Waals surface area (Å²) in [6.45, 7) is 6.42. The van der Waals surface area contributed by atoms with Crippen molar-refractivity contribution in [3.63, 3.8) is 0 Å². The van der Waals surface area contributed by atoms with E-state index in [1.54, 1.807) is 0 Å². The lowest BCUT2D eigenvalue weighted by atomic mass is 9.74. The standard InChI is InChI=1S/C26H46N4O3S/c1-20-25(26(31)28-14-7-2-3-8-15-28)24-19-22(13-18-30(24)27-20)21-11-16-29(17-12-21)34(32,33)23-9-5-4-6-10-23/h20-25,27H,2-19H2,1H3. The number of nitrogens with zero attached hydrogens (tertiary/aromatic N) is 3. The number of carbonyl (C=O) groups is 1. The third-order valence-corrected chi connectivity index (χ3v) is 12.1. The molecule has 4 saturated heterocycles. The van der Waals surface area contributed by atoms with Gasteiger partial charge >= 0.3 is 0 Å². The molecule has 1 aliphatic carbocycles. The minimum atomic E-state index is -3.13. The van der Waals surface area contributed by atoms with E-state index >= 15 is 0 Å². The number of carbonyl (C=O) groups excluding carboxylic acids is 1. The maximum absolute atomic E-state index is 13.6. The van der Waals surface area contributed by atoms with E-state index in [0.29, 0.717) is 30.8 Å². The Morgan fingerprint density at radius 1 is 0.765 bits per heavy atom. The lowest BCUT2D eigenvalue weighted by Crippen LogP contribution is -2.50. The van der Waals surface area contributed by atoms with E-state index < -0.39 is 10.0 Å². The SMILES string of the molecule is CC1NN2CCC(C3CCN(S(=O)(=O)C4CCCCC4)CC3)CC2C1C(=O)N1CCCCCC1. The van der Waals surface area contributed by atoms with E-state index in [0.717, 1.165) is 83.8 Å². The fourth-order valence-electron chi connectivity index (χ4n) is 7.69. The molecule has 0 aromatic carbocycles. The number of hydrazine groups is 1. The summed E-state index contributed by atoms with van der Waals surface area (Å²) in [4.78, 5) is 15.7. The Hall–Kier alpha value is -0.700. The van der Waals surface area contributed by atoms with Gasteiger partial charge in [-0.3, -0.25) is 10.2 Å². The summed E-state index contributed by atoms with van der Waals surface area (Å²) in [6, 6.07) is 0.482. The molecule has 4 heterocycles. The Bertz CT molecular complexity index is 799. The molecule has 1 saturated carbocycles. The normalized spacial score (nSPS) is 35.7. The second kappa shape index (κ2) is 10.7. The zero-order chi connectivity index (χ0) is 23.7. The summed E-state index contributed by atoms with van der Waals surface area (Å²) in [6.07, 6.45) is 14.0. The van der Waals surface area contributed by atoms with Gasteiger partial charge in [-0.1, -0.05) is 32.1 Å². The molecule has 4 atom stereocenters. The van der Waals surface area contributed by atoms with Crippen LogP contribution in [0.3, 0.4) is 0 Å². The lowest BCUT2D eigenvalue weighted by Gasteiger charge is -2.43. The third kappa shape index (κ3) is 5.07. The molecular formula is C26H46N4O3S. The number of hydrogen-bond acceptors (Lipinski definition) is 5. The van der Waals surface area contributed by atoms with E-state index in [1.165, 1.54) is 19.3 Å². The molecule has 0 bridgehead atoms. The molecule has 1 amide bonds. The van der Waals surface area contributed by atoms with Crippen LogP contribution in [0.5, 0.6) is 0 Å². The highest BCUT2D eigenvalue weighted by Gasteiger charge is 2.49. The van der Waals surface area contributed by atoms with Crippen molar-refractivity contribution in [1.29, 1.82) is 0 Å². The van der Waals surface area contributed by atoms with E-state index in [9.17, 15) is 13.2 Å². The molecule has 8 heteroatoms. The highest BCUT2D eigenvalue weighted by Crippen LogP contribution is 2.41. The molecule has 7 nitrogen and oxygen atoms in total. The Kier molecular flexibility index (Phi) is 7.88. The molecule has 4 unspecified atom stereocenters. The monoisotopic (exact) mass is 494 g/mol. The van der Waals surface area contributed by atoms with Crippen LogP contribution in [-0.2, 0) is 14.8 Å². The van der Waals surface area contributed by atoms with Crippen LogP contribution < -0.4 is 5.43 Å². The summed E-state index contributed by atoms with van der Waals surface area (Å²) < 4.78 is 28.2. The molecule has 0 spiro atoms. The Labute approximate surface area is 207 Å². The number of likely N-dealkylation sites (tertiary alicyclic amines) is 1. The summed E-state index contributed by atoms with van der Waals surface area (Å²) in [7, 11) is -3.13. The fourth-order valence-corrected chi connectivity index (χ4v) is 9.76. The predicted molar refractivity (Wildman–Crippen MR) is 134 cm³/mol. The highest BCUT2D eigenvalue weighted by atomic mass is 32.2. The smallest absolute Gasteiger partial charge is 0.228 e. The number of piperidine rings is 2. The summed E-state index contributed by atoms with van der Waals surface area (Å²) >= 11 is 0. The lowest BCUT2D eigenvalue weighted by molar-refractivity contribution is -0.137. The number of hydrogen-bond donors (Lipinski definition) is 1. The number of fused-ring (bicyclic) bond motifs is 1. The largest absolute Gasteiger partial charge is 0.342 e. The van der Waals surface area contributed by atoms with Gasteiger partial charge in [0.15, 0.2) is 0 Å². The van der Waals surface area contributed by atoms with Crippen molar-refractivity contribution >= 4 is 15.9 Å². The van der Waals surface area contributed by atoms with Gasteiger partial charge in [-0.2, -0.15) is 0 Å². The van der Waals surface area contributed by atoms with Gasteiger partial charge < -0.3 is 4.90 Å². The molecule has 5 rings (SSSR count). The van der Waals surface area contributed by atoms with Crippen molar-refractivity contribution < 1.29 is 13.2 Å². The third-order valence-electron chi connectivity index (χ3n) is 9.71. The van der Waals surface area contributed by atoms with Crippen LogP contribution in [0, 0.1) is 17.8 Å². The molecule has 1 N–H and O–H groups in total. The number of sulfonamides is 1. The van der Waals surface area contributed by atoms with Gasteiger partial charge in [-0.25, -0.2) is 17.7 Å².